The predicted molar refractivity (Wildman–Crippen MR) is 115 cm³/mol. The van der Waals surface area contributed by atoms with E-state index in [9.17, 15) is 9.59 Å². The van der Waals surface area contributed by atoms with Crippen molar-refractivity contribution in [1.82, 2.24) is 4.90 Å². The average Bonchev–Trinajstić information content (AvgIpc) is 3.02. The molecule has 5 heteroatoms. The van der Waals surface area contributed by atoms with Gasteiger partial charge in [-0.3, -0.25) is 14.5 Å². The van der Waals surface area contributed by atoms with Gasteiger partial charge in [0.25, 0.3) is 11.1 Å². The van der Waals surface area contributed by atoms with Crippen LogP contribution in [0.4, 0.5) is 4.79 Å². The van der Waals surface area contributed by atoms with Gasteiger partial charge < -0.3 is 4.74 Å². The minimum Gasteiger partial charge on any atom is -0.489 e. The van der Waals surface area contributed by atoms with Gasteiger partial charge in [0.1, 0.15) is 12.4 Å². The summed E-state index contributed by atoms with van der Waals surface area (Å²) in [6.45, 7) is 0.785. The molecule has 0 bridgehead atoms. The zero-order valence-corrected chi connectivity index (χ0v) is 16.5. The van der Waals surface area contributed by atoms with Crippen molar-refractivity contribution in [2.24, 2.45) is 0 Å². The molecule has 1 saturated heterocycles. The Bertz CT molecular complexity index is 1030. The molecule has 3 aromatic rings. The van der Waals surface area contributed by atoms with Crippen LogP contribution < -0.4 is 4.74 Å². The number of hydrogen-bond acceptors (Lipinski definition) is 4. The number of nitrogens with zero attached hydrogens (tertiary/aromatic N) is 1. The minimum atomic E-state index is -0.256. The van der Waals surface area contributed by atoms with Gasteiger partial charge in [0, 0.05) is 0 Å². The molecule has 1 heterocycles. The third-order valence-electron chi connectivity index (χ3n) is 4.48. The minimum absolute atomic E-state index is 0.243. The highest BCUT2D eigenvalue weighted by Gasteiger charge is 2.34. The topological polar surface area (TPSA) is 46.6 Å². The van der Waals surface area contributed by atoms with Gasteiger partial charge in [-0.15, -0.1) is 0 Å². The second-order valence-electron chi connectivity index (χ2n) is 6.60. The van der Waals surface area contributed by atoms with E-state index in [4.69, 9.17) is 4.74 Å². The van der Waals surface area contributed by atoms with Crippen molar-refractivity contribution in [2.75, 3.05) is 0 Å². The third kappa shape index (κ3) is 4.76. The van der Waals surface area contributed by atoms with Crippen molar-refractivity contribution < 1.29 is 14.3 Å². The van der Waals surface area contributed by atoms with E-state index < -0.39 is 0 Å². The third-order valence-corrected chi connectivity index (χ3v) is 5.39. The first-order valence-electron chi connectivity index (χ1n) is 9.25. The van der Waals surface area contributed by atoms with Gasteiger partial charge in [0.05, 0.1) is 11.4 Å². The van der Waals surface area contributed by atoms with Crippen LogP contribution in [0, 0.1) is 0 Å². The molecule has 0 aliphatic carbocycles. The van der Waals surface area contributed by atoms with Crippen LogP contribution in [0.3, 0.4) is 0 Å². The maximum absolute atomic E-state index is 12.6. The van der Waals surface area contributed by atoms with E-state index in [2.05, 4.69) is 0 Å². The fraction of sp³-hybridized carbons (Fsp3) is 0.0833. The Balaban J connectivity index is 1.41. The molecule has 1 fully saturated rings. The molecule has 0 aromatic heterocycles. The summed E-state index contributed by atoms with van der Waals surface area (Å²) in [5.74, 6) is 0.497. The highest BCUT2D eigenvalue weighted by atomic mass is 32.2. The Labute approximate surface area is 173 Å². The maximum atomic E-state index is 12.6. The molecule has 4 rings (SSSR count). The zero-order chi connectivity index (χ0) is 20.1. The number of thioether (sulfide) groups is 1. The monoisotopic (exact) mass is 401 g/mol. The normalized spacial score (nSPS) is 15.2. The van der Waals surface area contributed by atoms with E-state index in [-0.39, 0.29) is 17.7 Å². The zero-order valence-electron chi connectivity index (χ0n) is 15.7. The number of carbonyl (C=O) groups is 2. The molecule has 0 saturated carbocycles. The molecular formula is C24H19NO3S. The van der Waals surface area contributed by atoms with Crippen LogP contribution in [-0.4, -0.2) is 16.0 Å². The van der Waals surface area contributed by atoms with Crippen molar-refractivity contribution in [2.45, 2.75) is 13.2 Å². The summed E-state index contributed by atoms with van der Waals surface area (Å²) in [7, 11) is 0. The van der Waals surface area contributed by atoms with Crippen molar-refractivity contribution in [1.29, 1.82) is 0 Å². The fourth-order valence-electron chi connectivity index (χ4n) is 2.95. The van der Waals surface area contributed by atoms with Gasteiger partial charge in [-0.25, -0.2) is 0 Å². The Kier molecular flexibility index (Phi) is 5.77. The molecule has 0 radical (unpaired) electrons. The van der Waals surface area contributed by atoms with E-state index >= 15 is 0 Å². The van der Waals surface area contributed by atoms with Gasteiger partial charge >= 0.3 is 0 Å². The first-order valence-corrected chi connectivity index (χ1v) is 10.1. The number of benzene rings is 3. The van der Waals surface area contributed by atoms with Crippen LogP contribution in [-0.2, 0) is 17.9 Å². The molecule has 1 aliphatic heterocycles. The standard InChI is InChI=1S/C24H19NO3S/c26-23-22(29-24(27)25(23)16-19-7-3-1-4-8-19)15-18-11-13-21(14-12-18)28-17-20-9-5-2-6-10-20/h1-15H,16-17H2/b22-15+. The molecular weight excluding hydrogens is 382 g/mol. The second-order valence-corrected chi connectivity index (χ2v) is 7.59. The largest absolute Gasteiger partial charge is 0.489 e. The molecule has 144 valence electrons. The highest BCUT2D eigenvalue weighted by Crippen LogP contribution is 2.33. The summed E-state index contributed by atoms with van der Waals surface area (Å²) in [5.41, 5.74) is 2.88. The van der Waals surface area contributed by atoms with E-state index in [0.29, 0.717) is 11.5 Å². The number of carbonyl (C=O) groups excluding carboxylic acids is 2. The quantitative estimate of drug-likeness (QED) is 0.512. The van der Waals surface area contributed by atoms with Crippen molar-refractivity contribution >= 4 is 29.0 Å². The summed E-state index contributed by atoms with van der Waals surface area (Å²) in [6.07, 6.45) is 1.75. The SMILES string of the molecule is O=C1S/C(=C/c2ccc(OCc3ccccc3)cc2)C(=O)N1Cc1ccccc1. The van der Waals surface area contributed by atoms with Crippen LogP contribution in [0.5, 0.6) is 5.75 Å². The molecule has 0 N–H and O–H groups in total. The van der Waals surface area contributed by atoms with E-state index in [1.54, 1.807) is 6.08 Å². The van der Waals surface area contributed by atoms with Crippen LogP contribution in [0.1, 0.15) is 16.7 Å². The van der Waals surface area contributed by atoms with Crippen molar-refractivity contribution in [3.05, 3.63) is 107 Å². The smallest absolute Gasteiger partial charge is 0.293 e. The van der Waals surface area contributed by atoms with Gasteiger partial charge in [0.15, 0.2) is 0 Å². The molecule has 29 heavy (non-hydrogen) atoms. The first-order chi connectivity index (χ1) is 14.2. The Morgan fingerprint density at radius 1 is 0.793 bits per heavy atom. The number of amides is 2. The summed E-state index contributed by atoms with van der Waals surface area (Å²) >= 11 is 0.975. The van der Waals surface area contributed by atoms with Crippen LogP contribution in [0.15, 0.2) is 89.8 Å². The number of rotatable bonds is 6. The molecule has 3 aromatic carbocycles. The summed E-state index contributed by atoms with van der Waals surface area (Å²) < 4.78 is 5.78. The Morgan fingerprint density at radius 3 is 2.07 bits per heavy atom. The molecule has 0 atom stereocenters. The molecule has 1 aliphatic rings. The van der Waals surface area contributed by atoms with E-state index in [1.165, 1.54) is 4.90 Å². The van der Waals surface area contributed by atoms with Crippen LogP contribution in [0.25, 0.3) is 6.08 Å². The average molecular weight is 401 g/mol. The van der Waals surface area contributed by atoms with Gasteiger partial charge in [-0.1, -0.05) is 72.8 Å². The highest BCUT2D eigenvalue weighted by molar-refractivity contribution is 8.18. The Hall–Kier alpha value is -3.31. The van der Waals surface area contributed by atoms with Crippen molar-refractivity contribution in [3.8, 4) is 5.75 Å². The van der Waals surface area contributed by atoms with E-state index in [0.717, 1.165) is 34.2 Å². The van der Waals surface area contributed by atoms with Crippen LogP contribution in [0.2, 0.25) is 0 Å². The lowest BCUT2D eigenvalue weighted by Gasteiger charge is -2.12. The van der Waals surface area contributed by atoms with Crippen molar-refractivity contribution in [3.63, 3.8) is 0 Å². The van der Waals surface area contributed by atoms with E-state index in [1.807, 2.05) is 84.9 Å². The second kappa shape index (κ2) is 8.80. The number of ether oxygens (including phenoxy) is 1. The number of hydrogen-bond donors (Lipinski definition) is 0. The predicted octanol–water partition coefficient (Wildman–Crippen LogP) is 5.50. The maximum Gasteiger partial charge on any atom is 0.293 e. The summed E-state index contributed by atoms with van der Waals surface area (Å²) in [6, 6.07) is 27.0. The van der Waals surface area contributed by atoms with Crippen LogP contribution >= 0.6 is 11.8 Å². The molecule has 4 nitrogen and oxygen atoms in total. The summed E-state index contributed by atoms with van der Waals surface area (Å²) in [4.78, 5) is 26.6. The lowest BCUT2D eigenvalue weighted by Crippen LogP contribution is -2.27. The first kappa shape index (κ1) is 19.0. The molecule has 0 spiro atoms. The van der Waals surface area contributed by atoms with Gasteiger partial charge in [-0.05, 0) is 46.7 Å². The molecule has 2 amide bonds. The van der Waals surface area contributed by atoms with Gasteiger partial charge in [0.2, 0.25) is 0 Å². The summed E-state index contributed by atoms with van der Waals surface area (Å²) in [5, 5.41) is -0.243. The molecule has 0 unspecified atom stereocenters. The fourth-order valence-corrected chi connectivity index (χ4v) is 3.79. The van der Waals surface area contributed by atoms with Gasteiger partial charge in [-0.2, -0.15) is 0 Å². The Morgan fingerprint density at radius 2 is 1.41 bits per heavy atom. The lowest BCUT2D eigenvalue weighted by molar-refractivity contribution is -0.123. The number of imide groups is 1. The lowest BCUT2D eigenvalue weighted by atomic mass is 10.2.